The van der Waals surface area contributed by atoms with Crippen LogP contribution in [0.1, 0.15) is 37.7 Å². The van der Waals surface area contributed by atoms with E-state index < -0.39 is 5.60 Å². The molecule has 1 atom stereocenters. The van der Waals surface area contributed by atoms with Crippen molar-refractivity contribution in [2.45, 2.75) is 52.3 Å². The van der Waals surface area contributed by atoms with Gasteiger partial charge >= 0.3 is 0 Å². The van der Waals surface area contributed by atoms with Crippen molar-refractivity contribution in [3.8, 4) is 0 Å². The van der Waals surface area contributed by atoms with Crippen molar-refractivity contribution in [3.05, 3.63) is 17.0 Å². The lowest BCUT2D eigenvalue weighted by molar-refractivity contribution is 0.0376. The van der Waals surface area contributed by atoms with E-state index in [1.54, 1.807) is 0 Å². The Kier molecular flexibility index (Phi) is 4.55. The first-order valence-corrected chi connectivity index (χ1v) is 6.89. The fraction of sp³-hybridized carbons (Fsp3) is 0.692. The van der Waals surface area contributed by atoms with Gasteiger partial charge in [0, 0.05) is 17.1 Å². The zero-order valence-corrected chi connectivity index (χ0v) is 12.4. The predicted octanol–water partition coefficient (Wildman–Crippen LogP) is 2.90. The van der Waals surface area contributed by atoms with Gasteiger partial charge in [-0.15, -0.1) is 0 Å². The van der Waals surface area contributed by atoms with Gasteiger partial charge in [0.15, 0.2) is 5.16 Å². The first-order valence-electron chi connectivity index (χ1n) is 5.91. The number of aliphatic hydroxyl groups is 1. The van der Waals surface area contributed by atoms with Crippen LogP contribution in [0.5, 0.6) is 0 Å². The molecule has 1 aromatic rings. The molecule has 96 valence electrons. The minimum atomic E-state index is -0.680. The summed E-state index contributed by atoms with van der Waals surface area (Å²) in [6, 6.07) is 0. The normalized spacial score (nSPS) is 15.1. The van der Waals surface area contributed by atoms with Crippen LogP contribution in [0.2, 0.25) is 0 Å². The Morgan fingerprint density at radius 3 is 2.06 bits per heavy atom. The Hall–Kier alpha value is -0.610. The van der Waals surface area contributed by atoms with E-state index in [1.165, 1.54) is 11.8 Å². The summed E-state index contributed by atoms with van der Waals surface area (Å²) in [5.41, 5.74) is 2.50. The summed E-state index contributed by atoms with van der Waals surface area (Å²) in [6.07, 6.45) is 0. The van der Waals surface area contributed by atoms with E-state index in [9.17, 15) is 5.11 Å². The molecule has 0 fully saturated rings. The quantitative estimate of drug-likeness (QED) is 0.663. The first kappa shape index (κ1) is 14.5. The second-order valence-electron chi connectivity index (χ2n) is 5.10. The molecule has 0 spiro atoms. The van der Waals surface area contributed by atoms with Crippen molar-refractivity contribution >= 4 is 11.8 Å². The van der Waals surface area contributed by atoms with Gasteiger partial charge in [-0.25, -0.2) is 9.97 Å². The molecule has 0 saturated heterocycles. The number of hydrogen-bond donors (Lipinski definition) is 1. The molecule has 4 heteroatoms. The van der Waals surface area contributed by atoms with E-state index in [4.69, 9.17) is 0 Å². The Bertz CT molecular complexity index is 379. The van der Waals surface area contributed by atoms with Crippen molar-refractivity contribution in [2.75, 3.05) is 5.75 Å². The lowest BCUT2D eigenvalue weighted by Crippen LogP contribution is -2.33. The van der Waals surface area contributed by atoms with E-state index in [2.05, 4.69) is 9.97 Å². The minimum absolute atomic E-state index is 0.225. The number of aromatic nitrogens is 2. The maximum Gasteiger partial charge on any atom is 0.188 e. The third-order valence-corrected chi connectivity index (χ3v) is 4.52. The molecule has 0 aliphatic rings. The standard InChI is InChI=1S/C13H22N2OS/c1-8(2)13(6,16)7-17-12-14-10(4)9(3)11(5)15-12/h8,16H,7H2,1-6H3. The summed E-state index contributed by atoms with van der Waals surface area (Å²) in [5, 5.41) is 10.9. The lowest BCUT2D eigenvalue weighted by atomic mass is 9.95. The molecule has 1 heterocycles. The van der Waals surface area contributed by atoms with Crippen LogP contribution < -0.4 is 0 Å². The summed E-state index contributed by atoms with van der Waals surface area (Å²) in [5.74, 6) is 0.842. The van der Waals surface area contributed by atoms with Gasteiger partial charge in [0.05, 0.1) is 5.60 Å². The third-order valence-electron chi connectivity index (χ3n) is 3.35. The van der Waals surface area contributed by atoms with Crippen LogP contribution in [0.4, 0.5) is 0 Å². The van der Waals surface area contributed by atoms with Crippen LogP contribution in [0.3, 0.4) is 0 Å². The summed E-state index contributed by atoms with van der Waals surface area (Å²) >= 11 is 1.52. The zero-order chi connectivity index (χ0) is 13.2. The Morgan fingerprint density at radius 1 is 1.18 bits per heavy atom. The maximum absolute atomic E-state index is 10.2. The molecule has 0 aromatic carbocycles. The van der Waals surface area contributed by atoms with Gasteiger partial charge in [-0.1, -0.05) is 25.6 Å². The van der Waals surface area contributed by atoms with Gasteiger partial charge in [-0.2, -0.15) is 0 Å². The molecular formula is C13H22N2OS. The summed E-state index contributed by atoms with van der Waals surface area (Å²) in [6.45, 7) is 11.9. The lowest BCUT2D eigenvalue weighted by Gasteiger charge is -2.26. The highest BCUT2D eigenvalue weighted by Gasteiger charge is 2.25. The maximum atomic E-state index is 10.2. The third kappa shape index (κ3) is 3.68. The van der Waals surface area contributed by atoms with Crippen LogP contribution in [-0.2, 0) is 0 Å². The molecule has 0 bridgehead atoms. The summed E-state index contributed by atoms with van der Waals surface area (Å²) in [4.78, 5) is 8.87. The van der Waals surface area contributed by atoms with Gasteiger partial charge < -0.3 is 5.11 Å². The van der Waals surface area contributed by atoms with Crippen molar-refractivity contribution in [3.63, 3.8) is 0 Å². The molecule has 1 rings (SSSR count). The average molecular weight is 254 g/mol. The van der Waals surface area contributed by atoms with E-state index in [1.807, 2.05) is 41.5 Å². The van der Waals surface area contributed by atoms with Crippen LogP contribution in [-0.4, -0.2) is 26.4 Å². The van der Waals surface area contributed by atoms with Crippen molar-refractivity contribution in [1.29, 1.82) is 0 Å². The number of hydrogen-bond acceptors (Lipinski definition) is 4. The Balaban J connectivity index is 2.77. The molecule has 0 radical (unpaired) electrons. The smallest absolute Gasteiger partial charge is 0.188 e. The van der Waals surface area contributed by atoms with Gasteiger partial charge in [0.2, 0.25) is 0 Å². The minimum Gasteiger partial charge on any atom is -0.389 e. The van der Waals surface area contributed by atoms with Crippen LogP contribution in [0, 0.1) is 26.7 Å². The van der Waals surface area contributed by atoms with Crippen LogP contribution in [0.25, 0.3) is 0 Å². The molecule has 0 aliphatic heterocycles. The fourth-order valence-electron chi connectivity index (χ4n) is 1.18. The molecular weight excluding hydrogens is 232 g/mol. The molecule has 0 aliphatic carbocycles. The van der Waals surface area contributed by atoms with Gasteiger partial charge in [-0.05, 0) is 39.2 Å². The van der Waals surface area contributed by atoms with Crippen LogP contribution in [0.15, 0.2) is 5.16 Å². The topological polar surface area (TPSA) is 46.0 Å². The van der Waals surface area contributed by atoms with Crippen molar-refractivity contribution in [2.24, 2.45) is 5.92 Å². The van der Waals surface area contributed by atoms with Crippen molar-refractivity contribution < 1.29 is 5.11 Å². The molecule has 1 unspecified atom stereocenters. The number of rotatable bonds is 4. The second-order valence-corrected chi connectivity index (χ2v) is 6.05. The summed E-state index contributed by atoms with van der Waals surface area (Å²) in [7, 11) is 0. The van der Waals surface area contributed by atoms with E-state index >= 15 is 0 Å². The molecule has 1 N–H and O–H groups in total. The van der Waals surface area contributed by atoms with Gasteiger partial charge in [-0.3, -0.25) is 0 Å². The Labute approximate surface area is 108 Å². The SMILES string of the molecule is Cc1nc(SCC(C)(O)C(C)C)nc(C)c1C. The predicted molar refractivity (Wildman–Crippen MR) is 72.4 cm³/mol. The molecule has 3 nitrogen and oxygen atoms in total. The highest BCUT2D eigenvalue weighted by molar-refractivity contribution is 7.99. The first-order chi connectivity index (χ1) is 7.74. The fourth-order valence-corrected chi connectivity index (χ4v) is 2.34. The average Bonchev–Trinajstić information content (AvgIpc) is 2.22. The van der Waals surface area contributed by atoms with E-state index in [-0.39, 0.29) is 5.92 Å². The molecule has 0 amide bonds. The molecule has 1 aromatic heterocycles. The second kappa shape index (κ2) is 5.36. The van der Waals surface area contributed by atoms with E-state index in [0.717, 1.165) is 22.1 Å². The molecule has 0 saturated carbocycles. The van der Waals surface area contributed by atoms with Gasteiger partial charge in [0.1, 0.15) is 0 Å². The monoisotopic (exact) mass is 254 g/mol. The highest BCUT2D eigenvalue weighted by atomic mass is 32.2. The Morgan fingerprint density at radius 2 is 1.65 bits per heavy atom. The van der Waals surface area contributed by atoms with Gasteiger partial charge in [0.25, 0.3) is 0 Å². The largest absolute Gasteiger partial charge is 0.389 e. The number of nitrogens with zero attached hydrogens (tertiary/aromatic N) is 2. The highest BCUT2D eigenvalue weighted by Crippen LogP contribution is 2.25. The van der Waals surface area contributed by atoms with Crippen molar-refractivity contribution in [1.82, 2.24) is 9.97 Å². The summed E-state index contributed by atoms with van der Waals surface area (Å²) < 4.78 is 0. The molecule has 17 heavy (non-hydrogen) atoms. The van der Waals surface area contributed by atoms with Crippen LogP contribution >= 0.6 is 11.8 Å². The number of thioether (sulfide) groups is 1. The zero-order valence-electron chi connectivity index (χ0n) is 11.5. The number of aryl methyl sites for hydroxylation is 2. The van der Waals surface area contributed by atoms with E-state index in [0.29, 0.717) is 5.75 Å².